The predicted octanol–water partition coefficient (Wildman–Crippen LogP) is 5.27. The van der Waals surface area contributed by atoms with Crippen molar-refractivity contribution in [2.24, 2.45) is 10.2 Å². The number of anilines is 1. The minimum absolute atomic E-state index is 0.0866. The summed E-state index contributed by atoms with van der Waals surface area (Å²) < 4.78 is 5.41. The molecule has 1 saturated heterocycles. The van der Waals surface area contributed by atoms with Gasteiger partial charge in [-0.2, -0.15) is 0 Å². The van der Waals surface area contributed by atoms with Gasteiger partial charge >= 0.3 is 0 Å². The van der Waals surface area contributed by atoms with Gasteiger partial charge in [0.25, 0.3) is 5.69 Å². The maximum atomic E-state index is 10.7. The molecule has 1 aliphatic heterocycles. The molecule has 1 heterocycles. The minimum atomic E-state index is -0.507. The first-order chi connectivity index (χ1) is 12.1. The van der Waals surface area contributed by atoms with Crippen LogP contribution in [0.4, 0.5) is 22.7 Å². The Morgan fingerprint density at radius 3 is 2.44 bits per heavy atom. The summed E-state index contributed by atoms with van der Waals surface area (Å²) in [5.41, 5.74) is 1.94. The van der Waals surface area contributed by atoms with E-state index in [4.69, 9.17) is 16.3 Å². The van der Waals surface area contributed by atoms with E-state index in [9.17, 15) is 10.1 Å². The van der Waals surface area contributed by atoms with Crippen molar-refractivity contribution in [3.8, 4) is 5.75 Å². The van der Waals surface area contributed by atoms with Crippen molar-refractivity contribution in [2.45, 2.75) is 12.8 Å². The van der Waals surface area contributed by atoms with Crippen molar-refractivity contribution >= 4 is 34.4 Å². The highest BCUT2D eigenvalue weighted by Gasteiger charge is 2.14. The highest BCUT2D eigenvalue weighted by molar-refractivity contribution is 6.33. The molecule has 1 fully saturated rings. The lowest BCUT2D eigenvalue weighted by Gasteiger charge is -2.18. The average Bonchev–Trinajstić information content (AvgIpc) is 3.15. The van der Waals surface area contributed by atoms with Gasteiger partial charge in [-0.15, -0.1) is 10.2 Å². The van der Waals surface area contributed by atoms with Crippen molar-refractivity contribution in [3.05, 3.63) is 51.5 Å². The zero-order valence-electron chi connectivity index (χ0n) is 13.7. The highest BCUT2D eigenvalue weighted by Crippen LogP contribution is 2.36. The third-order valence-electron chi connectivity index (χ3n) is 4.04. The lowest BCUT2D eigenvalue weighted by atomic mass is 10.2. The van der Waals surface area contributed by atoms with E-state index < -0.39 is 4.92 Å². The fourth-order valence-electron chi connectivity index (χ4n) is 2.72. The van der Waals surface area contributed by atoms with Crippen LogP contribution in [0.1, 0.15) is 12.8 Å². The molecule has 0 aromatic heterocycles. The maximum Gasteiger partial charge on any atom is 0.271 e. The van der Waals surface area contributed by atoms with Crippen LogP contribution in [0.3, 0.4) is 0 Å². The van der Waals surface area contributed by atoms with Crippen LogP contribution in [-0.2, 0) is 0 Å². The molecule has 0 N–H and O–H groups in total. The van der Waals surface area contributed by atoms with Gasteiger partial charge < -0.3 is 9.64 Å². The summed E-state index contributed by atoms with van der Waals surface area (Å²) in [6.45, 7) is 2.09. The van der Waals surface area contributed by atoms with E-state index in [1.807, 2.05) is 18.2 Å². The summed E-state index contributed by atoms with van der Waals surface area (Å²) in [5.74, 6) is 0.617. The van der Waals surface area contributed by atoms with Gasteiger partial charge in [-0.05, 0) is 31.0 Å². The Labute approximate surface area is 150 Å². The zero-order chi connectivity index (χ0) is 17.8. The third-order valence-corrected chi connectivity index (χ3v) is 4.34. The lowest BCUT2D eigenvalue weighted by molar-refractivity contribution is -0.384. The molecule has 130 valence electrons. The quantitative estimate of drug-likeness (QED) is 0.413. The lowest BCUT2D eigenvalue weighted by Crippen LogP contribution is -2.17. The van der Waals surface area contributed by atoms with E-state index >= 15 is 0 Å². The molecular formula is C17H17ClN4O3. The van der Waals surface area contributed by atoms with Gasteiger partial charge in [0, 0.05) is 37.0 Å². The monoisotopic (exact) mass is 360 g/mol. The summed E-state index contributed by atoms with van der Waals surface area (Å²) in [6.07, 6.45) is 2.39. The van der Waals surface area contributed by atoms with E-state index in [0.29, 0.717) is 17.1 Å². The first-order valence-electron chi connectivity index (χ1n) is 7.87. The number of ether oxygens (including phenoxy) is 1. The summed E-state index contributed by atoms with van der Waals surface area (Å²) in [6, 6.07) is 9.83. The number of hydrogen-bond donors (Lipinski definition) is 0. The molecule has 8 heteroatoms. The van der Waals surface area contributed by atoms with E-state index in [2.05, 4.69) is 15.1 Å². The highest BCUT2D eigenvalue weighted by atomic mass is 35.5. The Kier molecular flexibility index (Phi) is 5.14. The van der Waals surface area contributed by atoms with Crippen molar-refractivity contribution in [1.29, 1.82) is 0 Å². The van der Waals surface area contributed by atoms with Crippen LogP contribution in [0.25, 0.3) is 0 Å². The van der Waals surface area contributed by atoms with E-state index in [-0.39, 0.29) is 10.7 Å². The fourth-order valence-corrected chi connectivity index (χ4v) is 2.93. The number of nitro groups is 1. The van der Waals surface area contributed by atoms with Crippen LogP contribution >= 0.6 is 11.6 Å². The fraction of sp³-hybridized carbons (Fsp3) is 0.294. The molecule has 0 radical (unpaired) electrons. The molecule has 7 nitrogen and oxygen atoms in total. The molecule has 3 rings (SSSR count). The van der Waals surface area contributed by atoms with Crippen LogP contribution in [0.15, 0.2) is 46.6 Å². The Balaban J connectivity index is 1.84. The van der Waals surface area contributed by atoms with Gasteiger partial charge in [0.15, 0.2) is 0 Å². The SMILES string of the molecule is COc1cc(N2CCCC2)ccc1N=Nc1ccc([N+](=O)[O-])cc1Cl. The van der Waals surface area contributed by atoms with Crippen LogP contribution in [0.5, 0.6) is 5.75 Å². The number of benzene rings is 2. The molecule has 2 aromatic carbocycles. The smallest absolute Gasteiger partial charge is 0.271 e. The Hall–Kier alpha value is -2.67. The van der Waals surface area contributed by atoms with Gasteiger partial charge in [-0.1, -0.05) is 11.6 Å². The molecule has 0 amide bonds. The molecule has 0 spiro atoms. The molecular weight excluding hydrogens is 344 g/mol. The van der Waals surface area contributed by atoms with Gasteiger partial charge in [-0.25, -0.2) is 0 Å². The van der Waals surface area contributed by atoms with Crippen molar-refractivity contribution < 1.29 is 9.66 Å². The van der Waals surface area contributed by atoms with Crippen molar-refractivity contribution in [3.63, 3.8) is 0 Å². The maximum absolute atomic E-state index is 10.7. The molecule has 0 bridgehead atoms. The number of hydrogen-bond acceptors (Lipinski definition) is 6. The van der Waals surface area contributed by atoms with Crippen molar-refractivity contribution in [2.75, 3.05) is 25.1 Å². The number of nitrogens with zero attached hydrogens (tertiary/aromatic N) is 4. The average molecular weight is 361 g/mol. The molecule has 1 aliphatic rings. The molecule has 25 heavy (non-hydrogen) atoms. The zero-order valence-corrected chi connectivity index (χ0v) is 14.4. The molecule has 2 aromatic rings. The number of halogens is 1. The number of methoxy groups -OCH3 is 1. The summed E-state index contributed by atoms with van der Waals surface area (Å²) in [5, 5.41) is 19.2. The third kappa shape index (κ3) is 3.88. The van der Waals surface area contributed by atoms with Crippen LogP contribution in [-0.4, -0.2) is 25.1 Å². The standard InChI is InChI=1S/C17H17ClN4O3/c1-25-17-11-12(21-8-2-3-9-21)4-7-16(17)20-19-15-6-5-13(22(23)24)10-14(15)18/h4-7,10-11H,2-3,8-9H2,1H3. The van der Waals surface area contributed by atoms with Gasteiger partial charge in [-0.3, -0.25) is 10.1 Å². The van der Waals surface area contributed by atoms with Gasteiger partial charge in [0.05, 0.1) is 17.1 Å². The van der Waals surface area contributed by atoms with E-state index in [0.717, 1.165) is 18.8 Å². The number of non-ortho nitro benzene ring substituents is 1. The van der Waals surface area contributed by atoms with Gasteiger partial charge in [0.1, 0.15) is 17.1 Å². The largest absolute Gasteiger partial charge is 0.494 e. The Morgan fingerprint density at radius 2 is 1.80 bits per heavy atom. The number of azo groups is 1. The second-order valence-electron chi connectivity index (χ2n) is 5.64. The van der Waals surface area contributed by atoms with Crippen LogP contribution < -0.4 is 9.64 Å². The van der Waals surface area contributed by atoms with Crippen molar-refractivity contribution in [1.82, 2.24) is 0 Å². The first-order valence-corrected chi connectivity index (χ1v) is 8.25. The van der Waals surface area contributed by atoms with Gasteiger partial charge in [0.2, 0.25) is 0 Å². The molecule has 0 saturated carbocycles. The minimum Gasteiger partial charge on any atom is -0.494 e. The summed E-state index contributed by atoms with van der Waals surface area (Å²) >= 11 is 6.03. The first kappa shape index (κ1) is 17.2. The number of rotatable bonds is 5. The second kappa shape index (κ2) is 7.48. The second-order valence-corrected chi connectivity index (χ2v) is 6.05. The normalized spacial score (nSPS) is 14.2. The molecule has 0 aliphatic carbocycles. The molecule has 0 atom stereocenters. The Morgan fingerprint density at radius 1 is 1.12 bits per heavy atom. The van der Waals surface area contributed by atoms with Crippen LogP contribution in [0, 0.1) is 10.1 Å². The van der Waals surface area contributed by atoms with E-state index in [1.54, 1.807) is 7.11 Å². The van der Waals surface area contributed by atoms with Crippen LogP contribution in [0.2, 0.25) is 5.02 Å². The Bertz CT molecular complexity index is 820. The predicted molar refractivity (Wildman–Crippen MR) is 96.7 cm³/mol. The van der Waals surface area contributed by atoms with E-state index in [1.165, 1.54) is 31.0 Å². The topological polar surface area (TPSA) is 80.3 Å². The number of nitro benzene ring substituents is 1. The summed E-state index contributed by atoms with van der Waals surface area (Å²) in [7, 11) is 1.58. The summed E-state index contributed by atoms with van der Waals surface area (Å²) in [4.78, 5) is 12.5. The molecule has 0 unspecified atom stereocenters.